The molecule has 1 aromatic rings. The number of esters is 1. The van der Waals surface area contributed by atoms with Gasteiger partial charge in [0.1, 0.15) is 0 Å². The van der Waals surface area contributed by atoms with Crippen molar-refractivity contribution in [2.45, 2.75) is 13.0 Å². The molecule has 0 aliphatic heterocycles. The van der Waals surface area contributed by atoms with Crippen molar-refractivity contribution in [3.8, 4) is 5.88 Å². The molecule has 1 rings (SSSR count). The van der Waals surface area contributed by atoms with Gasteiger partial charge in [0.25, 0.3) is 5.88 Å². The third kappa shape index (κ3) is 3.38. The largest absolute Gasteiger partial charge is 0.466 e. The van der Waals surface area contributed by atoms with Crippen molar-refractivity contribution >= 4 is 27.6 Å². The lowest BCUT2D eigenvalue weighted by Gasteiger charge is -2.11. The number of halogens is 1. The molecule has 0 unspecified atom stereocenters. The van der Waals surface area contributed by atoms with Crippen LogP contribution in [0.1, 0.15) is 6.92 Å². The number of ether oxygens (including phenoxy) is 2. The highest BCUT2D eigenvalue weighted by molar-refractivity contribution is 9.10. The smallest absolute Gasteiger partial charge is 0.346 e. The van der Waals surface area contributed by atoms with Gasteiger partial charge in [0.2, 0.25) is 0 Å². The van der Waals surface area contributed by atoms with Crippen molar-refractivity contribution in [1.82, 2.24) is 4.98 Å². The summed E-state index contributed by atoms with van der Waals surface area (Å²) < 4.78 is 9.95. The summed E-state index contributed by atoms with van der Waals surface area (Å²) >= 11 is 3.06. The van der Waals surface area contributed by atoms with Crippen LogP contribution in [-0.4, -0.2) is 29.1 Å². The van der Waals surface area contributed by atoms with Gasteiger partial charge in [-0.1, -0.05) is 0 Å². The van der Waals surface area contributed by atoms with Crippen LogP contribution in [0.15, 0.2) is 16.7 Å². The molecule has 0 bridgehead atoms. The minimum atomic E-state index is -0.965. The fourth-order valence-corrected chi connectivity index (χ4v) is 1.34. The zero-order valence-corrected chi connectivity index (χ0v) is 10.6. The van der Waals surface area contributed by atoms with Crippen LogP contribution >= 0.6 is 15.9 Å². The summed E-state index contributed by atoms with van der Waals surface area (Å²) in [5.41, 5.74) is -0.324. The van der Waals surface area contributed by atoms with Crippen LogP contribution in [0.2, 0.25) is 0 Å². The van der Waals surface area contributed by atoms with E-state index in [1.54, 1.807) is 0 Å². The van der Waals surface area contributed by atoms with Gasteiger partial charge in [-0.15, -0.1) is 0 Å². The maximum Gasteiger partial charge on any atom is 0.346 e. The van der Waals surface area contributed by atoms with Gasteiger partial charge in [-0.3, -0.25) is 10.1 Å². The maximum absolute atomic E-state index is 11.1. The van der Waals surface area contributed by atoms with E-state index in [4.69, 9.17) is 4.74 Å². The zero-order valence-electron chi connectivity index (χ0n) is 9.05. The molecule has 0 radical (unpaired) electrons. The number of aromatic nitrogens is 1. The Bertz CT molecular complexity index is 451. The van der Waals surface area contributed by atoms with Crippen LogP contribution in [0.3, 0.4) is 0 Å². The molecule has 92 valence electrons. The predicted molar refractivity (Wildman–Crippen MR) is 60.7 cm³/mol. The minimum Gasteiger partial charge on any atom is -0.466 e. The number of methoxy groups -OCH3 is 1. The SMILES string of the molecule is COC(=O)[C@@H](C)Oc1ncc(Br)cc1[N+](=O)[O-]. The van der Waals surface area contributed by atoms with Gasteiger partial charge in [-0.05, 0) is 22.9 Å². The second kappa shape index (κ2) is 5.58. The van der Waals surface area contributed by atoms with Gasteiger partial charge >= 0.3 is 11.7 Å². The number of hydrogen-bond acceptors (Lipinski definition) is 6. The van der Waals surface area contributed by atoms with E-state index in [1.165, 1.54) is 26.3 Å². The van der Waals surface area contributed by atoms with Crippen LogP contribution in [-0.2, 0) is 9.53 Å². The first-order chi connectivity index (χ1) is 7.95. The highest BCUT2D eigenvalue weighted by atomic mass is 79.9. The molecule has 0 amide bonds. The Labute approximate surface area is 105 Å². The molecular weight excluding hydrogens is 296 g/mol. The molecule has 7 nitrogen and oxygen atoms in total. The topological polar surface area (TPSA) is 91.6 Å². The molecular formula is C9H9BrN2O5. The van der Waals surface area contributed by atoms with E-state index in [9.17, 15) is 14.9 Å². The lowest BCUT2D eigenvalue weighted by atomic mass is 10.4. The third-order valence-electron chi connectivity index (χ3n) is 1.82. The highest BCUT2D eigenvalue weighted by Gasteiger charge is 2.23. The molecule has 0 aliphatic rings. The Morgan fingerprint density at radius 2 is 2.29 bits per heavy atom. The Balaban J connectivity index is 2.98. The monoisotopic (exact) mass is 304 g/mol. The summed E-state index contributed by atoms with van der Waals surface area (Å²) in [5.74, 6) is -0.861. The molecule has 8 heteroatoms. The Hall–Kier alpha value is -1.70. The van der Waals surface area contributed by atoms with Crippen molar-refractivity contribution in [3.05, 3.63) is 26.9 Å². The number of rotatable bonds is 4. The van der Waals surface area contributed by atoms with Crippen LogP contribution < -0.4 is 4.74 Å². The summed E-state index contributed by atoms with van der Waals surface area (Å²) in [6.45, 7) is 1.42. The van der Waals surface area contributed by atoms with Crippen molar-refractivity contribution in [2.24, 2.45) is 0 Å². The number of pyridine rings is 1. The summed E-state index contributed by atoms with van der Waals surface area (Å²) in [6.07, 6.45) is 0.374. The molecule has 1 atom stereocenters. The molecule has 1 heterocycles. The average Bonchev–Trinajstić information content (AvgIpc) is 2.29. The van der Waals surface area contributed by atoms with E-state index in [-0.39, 0.29) is 11.6 Å². The van der Waals surface area contributed by atoms with E-state index in [0.29, 0.717) is 4.47 Å². The molecule has 1 aromatic heterocycles. The second-order valence-electron chi connectivity index (χ2n) is 3.02. The maximum atomic E-state index is 11.1. The second-order valence-corrected chi connectivity index (χ2v) is 3.93. The quantitative estimate of drug-likeness (QED) is 0.477. The lowest BCUT2D eigenvalue weighted by molar-refractivity contribution is -0.386. The summed E-state index contributed by atoms with van der Waals surface area (Å²) in [6, 6.07) is 1.24. The molecule has 0 aromatic carbocycles. The lowest BCUT2D eigenvalue weighted by Crippen LogP contribution is -2.25. The Kier molecular flexibility index (Phi) is 4.38. The molecule has 0 N–H and O–H groups in total. The number of hydrogen-bond donors (Lipinski definition) is 0. The fourth-order valence-electron chi connectivity index (χ4n) is 1.02. The standard InChI is InChI=1S/C9H9BrN2O5/c1-5(9(13)16-2)17-8-7(12(14)15)3-6(10)4-11-8/h3-5H,1-2H3/t5-/m1/s1. The van der Waals surface area contributed by atoms with Gasteiger partial charge in [0.15, 0.2) is 6.10 Å². The zero-order chi connectivity index (χ0) is 13.0. The third-order valence-corrected chi connectivity index (χ3v) is 2.25. The predicted octanol–water partition coefficient (Wildman–Crippen LogP) is 1.69. The van der Waals surface area contributed by atoms with Gasteiger partial charge in [-0.25, -0.2) is 9.78 Å². The molecule has 0 spiro atoms. The van der Waals surface area contributed by atoms with Crippen molar-refractivity contribution in [1.29, 1.82) is 0 Å². The van der Waals surface area contributed by atoms with Gasteiger partial charge in [-0.2, -0.15) is 0 Å². The van der Waals surface area contributed by atoms with E-state index in [1.807, 2.05) is 0 Å². The Morgan fingerprint density at radius 3 is 2.82 bits per heavy atom. The van der Waals surface area contributed by atoms with Gasteiger partial charge < -0.3 is 9.47 Å². The van der Waals surface area contributed by atoms with E-state index in [2.05, 4.69) is 25.7 Å². The number of carbonyl (C=O) groups is 1. The minimum absolute atomic E-state index is 0.226. The van der Waals surface area contributed by atoms with Crippen LogP contribution in [0, 0.1) is 10.1 Å². The van der Waals surface area contributed by atoms with E-state index in [0.717, 1.165) is 0 Å². The highest BCUT2D eigenvalue weighted by Crippen LogP contribution is 2.28. The molecule has 0 aliphatic carbocycles. The van der Waals surface area contributed by atoms with Gasteiger partial charge in [0.05, 0.1) is 12.0 Å². The first-order valence-corrected chi connectivity index (χ1v) is 5.29. The van der Waals surface area contributed by atoms with Crippen molar-refractivity contribution in [2.75, 3.05) is 7.11 Å². The normalized spacial score (nSPS) is 11.7. The number of carbonyl (C=O) groups excluding carboxylic acids is 1. The summed E-state index contributed by atoms with van der Waals surface area (Å²) in [5, 5.41) is 10.7. The molecule has 0 saturated heterocycles. The van der Waals surface area contributed by atoms with Crippen LogP contribution in [0.25, 0.3) is 0 Å². The van der Waals surface area contributed by atoms with Crippen molar-refractivity contribution < 1.29 is 19.2 Å². The number of nitrogens with zero attached hydrogens (tertiary/aromatic N) is 2. The average molecular weight is 305 g/mol. The van der Waals surface area contributed by atoms with Crippen molar-refractivity contribution in [3.63, 3.8) is 0 Å². The number of nitro groups is 1. The summed E-state index contributed by atoms with van der Waals surface area (Å²) in [7, 11) is 1.20. The Morgan fingerprint density at radius 1 is 1.65 bits per heavy atom. The van der Waals surface area contributed by atoms with E-state index >= 15 is 0 Å². The van der Waals surface area contributed by atoms with Crippen LogP contribution in [0.5, 0.6) is 5.88 Å². The van der Waals surface area contributed by atoms with Gasteiger partial charge in [0, 0.05) is 16.7 Å². The molecule has 0 fully saturated rings. The van der Waals surface area contributed by atoms with E-state index < -0.39 is 17.0 Å². The van der Waals surface area contributed by atoms with Crippen LogP contribution in [0.4, 0.5) is 5.69 Å². The molecule has 17 heavy (non-hydrogen) atoms. The fraction of sp³-hybridized carbons (Fsp3) is 0.333. The first kappa shape index (κ1) is 13.4. The molecule has 0 saturated carbocycles. The first-order valence-electron chi connectivity index (χ1n) is 4.50. The summed E-state index contributed by atoms with van der Waals surface area (Å²) in [4.78, 5) is 24.9.